The molecular formula is C19H21NO6. The van der Waals surface area contributed by atoms with Gasteiger partial charge < -0.3 is 23.9 Å². The van der Waals surface area contributed by atoms with Gasteiger partial charge in [-0.25, -0.2) is 4.79 Å². The highest BCUT2D eigenvalue weighted by Gasteiger charge is 2.31. The molecule has 1 fully saturated rings. The minimum absolute atomic E-state index is 0.173. The Morgan fingerprint density at radius 3 is 2.88 bits per heavy atom. The summed E-state index contributed by atoms with van der Waals surface area (Å²) in [5, 5.41) is 8.72. The second-order valence-corrected chi connectivity index (χ2v) is 5.96. The Hall–Kier alpha value is -2.80. The van der Waals surface area contributed by atoms with E-state index in [9.17, 15) is 9.59 Å². The summed E-state index contributed by atoms with van der Waals surface area (Å²) in [6.45, 7) is 2.83. The number of hydrogen-bond donors (Lipinski definition) is 1. The Bertz CT molecular complexity index is 784. The maximum Gasteiger partial charge on any atom is 0.341 e. The molecule has 7 nitrogen and oxygen atoms in total. The molecule has 1 aromatic carbocycles. The Kier molecular flexibility index (Phi) is 5.58. The number of carboxylic acid groups (broad SMARTS) is 1. The lowest BCUT2D eigenvalue weighted by atomic mass is 10.1. The average molecular weight is 359 g/mol. The van der Waals surface area contributed by atoms with E-state index in [4.69, 9.17) is 19.0 Å². The summed E-state index contributed by atoms with van der Waals surface area (Å²) in [6, 6.07) is 10.0. The summed E-state index contributed by atoms with van der Waals surface area (Å²) in [6.07, 6.45) is 0.782. The summed E-state index contributed by atoms with van der Waals surface area (Å²) in [4.78, 5) is 25.4. The summed E-state index contributed by atoms with van der Waals surface area (Å²) < 4.78 is 16.5. The standard InChI is InChI=1S/C19H21NO6/c1-2-14-6-7-17(26-14)16-11-24-9-8-20(16)19(23)13-4-3-5-15(10-13)25-12-18(21)22/h3-7,10,16H,2,8-9,11-12H2,1H3,(H,21,22). The fourth-order valence-electron chi connectivity index (χ4n) is 2.88. The molecule has 0 aliphatic carbocycles. The zero-order valence-electron chi connectivity index (χ0n) is 14.5. The van der Waals surface area contributed by atoms with E-state index >= 15 is 0 Å². The third kappa shape index (κ3) is 4.05. The zero-order chi connectivity index (χ0) is 18.5. The maximum atomic E-state index is 13.0. The Morgan fingerprint density at radius 1 is 1.31 bits per heavy atom. The topological polar surface area (TPSA) is 89.2 Å². The van der Waals surface area contributed by atoms with Crippen molar-refractivity contribution in [2.24, 2.45) is 0 Å². The van der Waals surface area contributed by atoms with Crippen molar-refractivity contribution in [3.63, 3.8) is 0 Å². The normalized spacial score (nSPS) is 17.1. The molecular weight excluding hydrogens is 338 g/mol. The molecule has 3 rings (SSSR count). The van der Waals surface area contributed by atoms with Crippen molar-refractivity contribution < 1.29 is 28.6 Å². The maximum absolute atomic E-state index is 13.0. The van der Waals surface area contributed by atoms with Gasteiger partial charge in [0.15, 0.2) is 6.61 Å². The molecule has 1 aromatic heterocycles. The first-order chi connectivity index (χ1) is 12.6. The van der Waals surface area contributed by atoms with Crippen LogP contribution in [0.1, 0.15) is 34.8 Å². The van der Waals surface area contributed by atoms with Gasteiger partial charge in [0.25, 0.3) is 5.91 Å². The van der Waals surface area contributed by atoms with E-state index in [1.165, 1.54) is 0 Å². The third-order valence-corrected chi connectivity index (χ3v) is 4.19. The predicted octanol–water partition coefficient (Wildman–Crippen LogP) is 2.52. The lowest BCUT2D eigenvalue weighted by Crippen LogP contribution is -2.43. The van der Waals surface area contributed by atoms with Gasteiger partial charge in [0.05, 0.1) is 13.2 Å². The van der Waals surface area contributed by atoms with Crippen molar-refractivity contribution in [3.8, 4) is 5.75 Å². The highest BCUT2D eigenvalue weighted by Crippen LogP contribution is 2.28. The van der Waals surface area contributed by atoms with E-state index in [1.54, 1.807) is 29.2 Å². The molecule has 1 atom stereocenters. The van der Waals surface area contributed by atoms with Crippen LogP contribution in [-0.2, 0) is 16.0 Å². The number of furan rings is 1. The second kappa shape index (κ2) is 8.05. The molecule has 2 aromatic rings. The predicted molar refractivity (Wildman–Crippen MR) is 92.3 cm³/mol. The van der Waals surface area contributed by atoms with Crippen molar-refractivity contribution in [2.75, 3.05) is 26.4 Å². The molecule has 1 unspecified atom stereocenters. The molecule has 26 heavy (non-hydrogen) atoms. The van der Waals surface area contributed by atoms with Gasteiger partial charge in [-0.15, -0.1) is 0 Å². The molecule has 0 saturated carbocycles. The van der Waals surface area contributed by atoms with Crippen LogP contribution in [0.15, 0.2) is 40.8 Å². The summed E-state index contributed by atoms with van der Waals surface area (Å²) in [7, 11) is 0. The van der Waals surface area contributed by atoms with E-state index in [-0.39, 0.29) is 11.9 Å². The third-order valence-electron chi connectivity index (χ3n) is 4.19. The van der Waals surface area contributed by atoms with Crippen LogP contribution in [0.3, 0.4) is 0 Å². The molecule has 1 aliphatic rings. The number of carboxylic acids is 1. The van der Waals surface area contributed by atoms with E-state index in [2.05, 4.69) is 0 Å². The molecule has 2 heterocycles. The van der Waals surface area contributed by atoms with Crippen molar-refractivity contribution in [2.45, 2.75) is 19.4 Å². The Labute approximate surface area is 151 Å². The SMILES string of the molecule is CCc1ccc(C2COCCN2C(=O)c2cccc(OCC(=O)O)c2)o1. The lowest BCUT2D eigenvalue weighted by molar-refractivity contribution is -0.139. The van der Waals surface area contributed by atoms with Gasteiger partial charge >= 0.3 is 5.97 Å². The number of hydrogen-bond acceptors (Lipinski definition) is 5. The molecule has 138 valence electrons. The van der Waals surface area contributed by atoms with Crippen LogP contribution in [0.25, 0.3) is 0 Å². The number of carbonyl (C=O) groups excluding carboxylic acids is 1. The smallest absolute Gasteiger partial charge is 0.341 e. The van der Waals surface area contributed by atoms with E-state index in [0.717, 1.165) is 12.2 Å². The van der Waals surface area contributed by atoms with Crippen LogP contribution in [0, 0.1) is 0 Å². The number of benzene rings is 1. The van der Waals surface area contributed by atoms with E-state index in [1.807, 2.05) is 19.1 Å². The molecule has 1 aliphatic heterocycles. The fourth-order valence-corrected chi connectivity index (χ4v) is 2.88. The molecule has 0 spiro atoms. The highest BCUT2D eigenvalue weighted by atomic mass is 16.5. The lowest BCUT2D eigenvalue weighted by Gasteiger charge is -2.34. The van der Waals surface area contributed by atoms with Crippen molar-refractivity contribution >= 4 is 11.9 Å². The van der Waals surface area contributed by atoms with Gasteiger partial charge in [-0.1, -0.05) is 13.0 Å². The Balaban J connectivity index is 1.80. The first-order valence-electron chi connectivity index (χ1n) is 8.50. The molecule has 1 amide bonds. The summed E-state index contributed by atoms with van der Waals surface area (Å²) >= 11 is 0. The number of carbonyl (C=O) groups is 2. The van der Waals surface area contributed by atoms with Gasteiger partial charge in [-0.05, 0) is 30.3 Å². The van der Waals surface area contributed by atoms with Gasteiger partial charge in [-0.3, -0.25) is 4.79 Å². The van der Waals surface area contributed by atoms with Crippen LogP contribution in [0.2, 0.25) is 0 Å². The quantitative estimate of drug-likeness (QED) is 0.852. The molecule has 1 saturated heterocycles. The number of morpholine rings is 1. The highest BCUT2D eigenvalue weighted by molar-refractivity contribution is 5.95. The minimum atomic E-state index is -1.07. The number of aliphatic carboxylic acids is 1. The Morgan fingerprint density at radius 2 is 2.15 bits per heavy atom. The first kappa shape index (κ1) is 18.0. The van der Waals surface area contributed by atoms with Crippen molar-refractivity contribution in [3.05, 3.63) is 53.5 Å². The first-order valence-corrected chi connectivity index (χ1v) is 8.50. The monoisotopic (exact) mass is 359 g/mol. The average Bonchev–Trinajstić information content (AvgIpc) is 3.15. The summed E-state index contributed by atoms with van der Waals surface area (Å²) in [5.74, 6) is 0.664. The van der Waals surface area contributed by atoms with Crippen LogP contribution < -0.4 is 4.74 Å². The molecule has 0 radical (unpaired) electrons. The summed E-state index contributed by atoms with van der Waals surface area (Å²) in [5.41, 5.74) is 0.432. The number of aryl methyl sites for hydroxylation is 1. The second-order valence-electron chi connectivity index (χ2n) is 5.96. The molecule has 0 bridgehead atoms. The van der Waals surface area contributed by atoms with Crippen LogP contribution in [-0.4, -0.2) is 48.2 Å². The molecule has 7 heteroatoms. The molecule has 1 N–H and O–H groups in total. The van der Waals surface area contributed by atoms with Gasteiger partial charge in [0.2, 0.25) is 0 Å². The minimum Gasteiger partial charge on any atom is -0.482 e. The zero-order valence-corrected chi connectivity index (χ0v) is 14.5. The van der Waals surface area contributed by atoms with Crippen molar-refractivity contribution in [1.29, 1.82) is 0 Å². The number of amides is 1. The van der Waals surface area contributed by atoms with Crippen LogP contribution >= 0.6 is 0 Å². The van der Waals surface area contributed by atoms with E-state index < -0.39 is 12.6 Å². The van der Waals surface area contributed by atoms with Gasteiger partial charge in [0.1, 0.15) is 23.3 Å². The van der Waals surface area contributed by atoms with Crippen LogP contribution in [0.4, 0.5) is 0 Å². The van der Waals surface area contributed by atoms with Crippen LogP contribution in [0.5, 0.6) is 5.75 Å². The largest absolute Gasteiger partial charge is 0.482 e. The number of nitrogens with zero attached hydrogens (tertiary/aromatic N) is 1. The van der Waals surface area contributed by atoms with Crippen molar-refractivity contribution in [1.82, 2.24) is 4.90 Å². The fraction of sp³-hybridized carbons (Fsp3) is 0.368. The number of rotatable bonds is 6. The van der Waals surface area contributed by atoms with E-state index in [0.29, 0.717) is 36.8 Å². The van der Waals surface area contributed by atoms with Gasteiger partial charge in [0, 0.05) is 18.5 Å². The number of ether oxygens (including phenoxy) is 2. The van der Waals surface area contributed by atoms with Gasteiger partial charge in [-0.2, -0.15) is 0 Å².